The van der Waals surface area contributed by atoms with Crippen LogP contribution in [-0.4, -0.2) is 46.4 Å². The highest BCUT2D eigenvalue weighted by molar-refractivity contribution is 5.76. The number of morpholine rings is 1. The Labute approximate surface area is 94.0 Å². The van der Waals surface area contributed by atoms with Crippen LogP contribution < -0.4 is 5.73 Å². The van der Waals surface area contributed by atoms with Crippen molar-refractivity contribution in [1.29, 1.82) is 0 Å². The van der Waals surface area contributed by atoms with Crippen LogP contribution in [-0.2, 0) is 16.1 Å². The van der Waals surface area contributed by atoms with Gasteiger partial charge in [0.2, 0.25) is 5.91 Å². The number of nitrogens with zero attached hydrogens (tertiary/aromatic N) is 3. The number of amides is 1. The van der Waals surface area contributed by atoms with Crippen molar-refractivity contribution in [3.63, 3.8) is 0 Å². The Morgan fingerprint density at radius 2 is 2.56 bits per heavy atom. The van der Waals surface area contributed by atoms with Crippen molar-refractivity contribution < 1.29 is 9.53 Å². The third-order valence-electron chi connectivity index (χ3n) is 2.54. The minimum atomic E-state index is 0.0539. The van der Waals surface area contributed by atoms with E-state index < -0.39 is 0 Å². The van der Waals surface area contributed by atoms with Crippen molar-refractivity contribution in [2.45, 2.75) is 19.6 Å². The smallest absolute Gasteiger partial charge is 0.244 e. The normalized spacial score (nSPS) is 21.1. The molecule has 0 aliphatic carbocycles. The number of nitrogens with two attached hydrogens (primary N) is 1. The van der Waals surface area contributed by atoms with E-state index in [1.54, 1.807) is 15.8 Å². The lowest BCUT2D eigenvalue weighted by atomic mass is 10.3. The zero-order chi connectivity index (χ0) is 11.5. The average Bonchev–Trinajstić information content (AvgIpc) is 2.64. The summed E-state index contributed by atoms with van der Waals surface area (Å²) in [5, 5.41) is 3.98. The van der Waals surface area contributed by atoms with Gasteiger partial charge in [-0.1, -0.05) is 0 Å². The van der Waals surface area contributed by atoms with Crippen molar-refractivity contribution in [3.8, 4) is 0 Å². The molecule has 0 saturated carbocycles. The summed E-state index contributed by atoms with van der Waals surface area (Å²) in [5.74, 6) is 0.0539. The van der Waals surface area contributed by atoms with Crippen LogP contribution in [0.5, 0.6) is 0 Å². The SMILES string of the molecule is CC1CN(C(=O)Cn2cc(N)cn2)CCO1. The molecule has 1 atom stereocenters. The molecule has 1 aromatic rings. The summed E-state index contributed by atoms with van der Waals surface area (Å²) < 4.78 is 6.93. The number of anilines is 1. The number of ether oxygens (including phenoxy) is 1. The highest BCUT2D eigenvalue weighted by atomic mass is 16.5. The quantitative estimate of drug-likeness (QED) is 0.749. The van der Waals surface area contributed by atoms with Gasteiger partial charge < -0.3 is 15.4 Å². The standard InChI is InChI=1S/C10H16N4O2/c1-8-5-13(2-3-16-8)10(15)7-14-6-9(11)4-12-14/h4,6,8H,2-3,5,7,11H2,1H3. The number of hydrogen-bond acceptors (Lipinski definition) is 4. The van der Waals surface area contributed by atoms with E-state index in [4.69, 9.17) is 10.5 Å². The van der Waals surface area contributed by atoms with E-state index in [1.165, 1.54) is 6.20 Å². The van der Waals surface area contributed by atoms with E-state index in [2.05, 4.69) is 5.10 Å². The summed E-state index contributed by atoms with van der Waals surface area (Å²) in [6.07, 6.45) is 3.30. The van der Waals surface area contributed by atoms with E-state index in [0.29, 0.717) is 25.4 Å². The largest absolute Gasteiger partial charge is 0.396 e. The highest BCUT2D eigenvalue weighted by Gasteiger charge is 2.21. The Hall–Kier alpha value is -1.56. The molecule has 1 aliphatic rings. The van der Waals surface area contributed by atoms with E-state index in [0.717, 1.165) is 0 Å². The molecular formula is C10H16N4O2. The topological polar surface area (TPSA) is 73.4 Å². The van der Waals surface area contributed by atoms with Gasteiger partial charge in [0.25, 0.3) is 0 Å². The van der Waals surface area contributed by atoms with Crippen LogP contribution in [0.1, 0.15) is 6.92 Å². The summed E-state index contributed by atoms with van der Waals surface area (Å²) >= 11 is 0. The first kappa shape index (κ1) is 10.9. The molecule has 0 bridgehead atoms. The predicted octanol–water partition coefficient (Wildman–Crippen LogP) is -0.287. The van der Waals surface area contributed by atoms with Crippen molar-refractivity contribution in [2.24, 2.45) is 0 Å². The first-order valence-corrected chi connectivity index (χ1v) is 5.32. The molecule has 6 nitrogen and oxygen atoms in total. The number of hydrogen-bond donors (Lipinski definition) is 1. The van der Waals surface area contributed by atoms with Gasteiger partial charge >= 0.3 is 0 Å². The van der Waals surface area contributed by atoms with Gasteiger partial charge in [-0.25, -0.2) is 0 Å². The second kappa shape index (κ2) is 4.52. The fourth-order valence-electron chi connectivity index (χ4n) is 1.75. The van der Waals surface area contributed by atoms with Crippen LogP contribution in [0, 0.1) is 0 Å². The minimum Gasteiger partial charge on any atom is -0.396 e. The molecule has 1 unspecified atom stereocenters. The van der Waals surface area contributed by atoms with E-state index in [9.17, 15) is 4.79 Å². The maximum Gasteiger partial charge on any atom is 0.244 e. The Balaban J connectivity index is 1.92. The summed E-state index contributed by atoms with van der Waals surface area (Å²) in [4.78, 5) is 13.7. The molecule has 1 saturated heterocycles. The molecule has 2 N–H and O–H groups in total. The Kier molecular flexibility index (Phi) is 3.09. The molecule has 88 valence electrons. The third-order valence-corrected chi connectivity index (χ3v) is 2.54. The zero-order valence-electron chi connectivity index (χ0n) is 9.30. The van der Waals surface area contributed by atoms with Crippen molar-refractivity contribution in [2.75, 3.05) is 25.4 Å². The average molecular weight is 224 g/mol. The van der Waals surface area contributed by atoms with Crippen LogP contribution in [0.25, 0.3) is 0 Å². The van der Waals surface area contributed by atoms with Crippen molar-refractivity contribution >= 4 is 11.6 Å². The van der Waals surface area contributed by atoms with E-state index in [1.807, 2.05) is 6.92 Å². The molecule has 0 spiro atoms. The second-order valence-corrected chi connectivity index (χ2v) is 3.99. The first-order chi connectivity index (χ1) is 7.65. The van der Waals surface area contributed by atoms with Gasteiger partial charge in [0.05, 0.1) is 24.6 Å². The molecule has 1 aromatic heterocycles. The Morgan fingerprint density at radius 1 is 1.75 bits per heavy atom. The summed E-state index contributed by atoms with van der Waals surface area (Å²) in [6, 6.07) is 0. The maximum atomic E-state index is 11.9. The van der Waals surface area contributed by atoms with Crippen LogP contribution in [0.3, 0.4) is 0 Å². The zero-order valence-corrected chi connectivity index (χ0v) is 9.30. The molecule has 1 fully saturated rings. The summed E-state index contributed by atoms with van der Waals surface area (Å²) in [7, 11) is 0. The fourth-order valence-corrected chi connectivity index (χ4v) is 1.75. The van der Waals surface area contributed by atoms with Gasteiger partial charge in [0, 0.05) is 19.3 Å². The minimum absolute atomic E-state index is 0.0539. The van der Waals surface area contributed by atoms with Gasteiger partial charge in [-0.2, -0.15) is 5.10 Å². The molecule has 2 heterocycles. The lowest BCUT2D eigenvalue weighted by Gasteiger charge is -2.31. The number of nitrogen functional groups attached to an aromatic ring is 1. The van der Waals surface area contributed by atoms with Gasteiger partial charge in [0.1, 0.15) is 6.54 Å². The second-order valence-electron chi connectivity index (χ2n) is 3.99. The lowest BCUT2D eigenvalue weighted by molar-refractivity contribution is -0.138. The number of carbonyl (C=O) groups excluding carboxylic acids is 1. The Morgan fingerprint density at radius 3 is 3.19 bits per heavy atom. The van der Waals surface area contributed by atoms with Gasteiger partial charge in [-0.15, -0.1) is 0 Å². The van der Waals surface area contributed by atoms with E-state index >= 15 is 0 Å². The van der Waals surface area contributed by atoms with Crippen LogP contribution in [0.15, 0.2) is 12.4 Å². The molecule has 16 heavy (non-hydrogen) atoms. The molecule has 0 aromatic carbocycles. The van der Waals surface area contributed by atoms with Crippen molar-refractivity contribution in [3.05, 3.63) is 12.4 Å². The first-order valence-electron chi connectivity index (χ1n) is 5.32. The van der Waals surface area contributed by atoms with Gasteiger partial charge in [-0.3, -0.25) is 9.48 Å². The molecule has 1 amide bonds. The molecule has 1 aliphatic heterocycles. The Bertz CT molecular complexity index is 377. The summed E-state index contributed by atoms with van der Waals surface area (Å²) in [6.45, 7) is 4.11. The molecule has 2 rings (SSSR count). The fraction of sp³-hybridized carbons (Fsp3) is 0.600. The van der Waals surface area contributed by atoms with Crippen molar-refractivity contribution in [1.82, 2.24) is 14.7 Å². The highest BCUT2D eigenvalue weighted by Crippen LogP contribution is 2.06. The molecule has 6 heteroatoms. The van der Waals surface area contributed by atoms with Crippen LogP contribution >= 0.6 is 0 Å². The van der Waals surface area contributed by atoms with Gasteiger partial charge in [0.15, 0.2) is 0 Å². The van der Waals surface area contributed by atoms with E-state index in [-0.39, 0.29) is 18.6 Å². The third kappa shape index (κ3) is 2.52. The number of carbonyl (C=O) groups is 1. The number of rotatable bonds is 2. The van der Waals surface area contributed by atoms with Crippen LogP contribution in [0.4, 0.5) is 5.69 Å². The molecular weight excluding hydrogens is 208 g/mol. The van der Waals surface area contributed by atoms with Crippen LogP contribution in [0.2, 0.25) is 0 Å². The maximum absolute atomic E-state index is 11.9. The lowest BCUT2D eigenvalue weighted by Crippen LogP contribution is -2.45. The monoisotopic (exact) mass is 224 g/mol. The summed E-state index contributed by atoms with van der Waals surface area (Å²) in [5.41, 5.74) is 6.10. The van der Waals surface area contributed by atoms with Gasteiger partial charge in [-0.05, 0) is 6.92 Å². The number of aromatic nitrogens is 2. The molecule has 0 radical (unpaired) electrons. The predicted molar refractivity (Wildman–Crippen MR) is 58.6 cm³/mol.